The van der Waals surface area contributed by atoms with Crippen LogP contribution in [0.4, 0.5) is 4.39 Å². The zero-order valence-corrected chi connectivity index (χ0v) is 12.6. The normalized spacial score (nSPS) is 26.7. The molecule has 2 fully saturated rings. The van der Waals surface area contributed by atoms with Gasteiger partial charge in [-0.05, 0) is 50.3 Å². The number of nitrogens with one attached hydrogen (secondary N) is 1. The van der Waals surface area contributed by atoms with Crippen molar-refractivity contribution in [3.05, 3.63) is 35.6 Å². The van der Waals surface area contributed by atoms with E-state index in [9.17, 15) is 4.39 Å². The molecule has 2 aliphatic rings. The molecule has 0 radical (unpaired) electrons. The summed E-state index contributed by atoms with van der Waals surface area (Å²) in [6.07, 6.45) is 4.01. The van der Waals surface area contributed by atoms with Gasteiger partial charge in [-0.15, -0.1) is 0 Å². The van der Waals surface area contributed by atoms with Crippen LogP contribution >= 0.6 is 0 Å². The van der Waals surface area contributed by atoms with Gasteiger partial charge in [-0.25, -0.2) is 4.39 Å². The molecule has 3 nitrogen and oxygen atoms in total. The highest BCUT2D eigenvalue weighted by molar-refractivity contribution is 5.19. The smallest absolute Gasteiger partial charge is 0.123 e. The van der Waals surface area contributed by atoms with Crippen LogP contribution in [0.5, 0.6) is 0 Å². The Hall–Kier alpha value is -0.970. The summed E-state index contributed by atoms with van der Waals surface area (Å²) in [5, 5.41) is 3.65. The average Bonchev–Trinajstić information content (AvgIpc) is 2.48. The van der Waals surface area contributed by atoms with E-state index in [1.807, 2.05) is 6.07 Å². The minimum absolute atomic E-state index is 0.00414. The highest BCUT2D eigenvalue weighted by Gasteiger charge is 2.39. The van der Waals surface area contributed by atoms with Crippen LogP contribution in [-0.4, -0.2) is 31.5 Å². The standard InChI is InChI=1S/C17H24FNO2/c1-13(14-3-2-4-15(18)11-14)19-16-5-8-21-17(12-16)6-9-20-10-7-17/h2-4,11,13,16,19H,5-10,12H2,1H3/t13-,16?/m0/s1. The fraction of sp³-hybridized carbons (Fsp3) is 0.647. The average molecular weight is 293 g/mol. The predicted molar refractivity (Wildman–Crippen MR) is 79.7 cm³/mol. The van der Waals surface area contributed by atoms with Crippen molar-refractivity contribution in [3.63, 3.8) is 0 Å². The maximum Gasteiger partial charge on any atom is 0.123 e. The van der Waals surface area contributed by atoms with E-state index in [0.29, 0.717) is 6.04 Å². The first-order valence-corrected chi connectivity index (χ1v) is 7.90. The highest BCUT2D eigenvalue weighted by Crippen LogP contribution is 2.35. The fourth-order valence-corrected chi connectivity index (χ4v) is 3.49. The van der Waals surface area contributed by atoms with Gasteiger partial charge in [0.05, 0.1) is 5.60 Å². The summed E-state index contributed by atoms with van der Waals surface area (Å²) < 4.78 is 24.8. The monoisotopic (exact) mass is 293 g/mol. The molecule has 116 valence electrons. The largest absolute Gasteiger partial charge is 0.381 e. The van der Waals surface area contributed by atoms with Crippen LogP contribution < -0.4 is 5.32 Å². The molecule has 1 unspecified atom stereocenters. The Morgan fingerprint density at radius 1 is 1.29 bits per heavy atom. The molecule has 0 amide bonds. The zero-order valence-electron chi connectivity index (χ0n) is 12.6. The van der Waals surface area contributed by atoms with E-state index in [0.717, 1.165) is 51.1 Å². The van der Waals surface area contributed by atoms with E-state index < -0.39 is 0 Å². The lowest BCUT2D eigenvalue weighted by Crippen LogP contribution is -2.50. The summed E-state index contributed by atoms with van der Waals surface area (Å²) in [6.45, 7) is 4.49. The van der Waals surface area contributed by atoms with Gasteiger partial charge in [0.15, 0.2) is 0 Å². The first-order chi connectivity index (χ1) is 10.2. The maximum atomic E-state index is 13.3. The molecule has 1 N–H and O–H groups in total. The molecule has 2 aliphatic heterocycles. The number of hydrogen-bond acceptors (Lipinski definition) is 3. The lowest BCUT2D eigenvalue weighted by molar-refractivity contribution is -0.140. The second kappa shape index (κ2) is 6.42. The number of hydrogen-bond donors (Lipinski definition) is 1. The van der Waals surface area contributed by atoms with Gasteiger partial charge in [-0.3, -0.25) is 0 Å². The molecular formula is C17H24FNO2. The Bertz CT molecular complexity index is 468. The van der Waals surface area contributed by atoms with Gasteiger partial charge in [0.2, 0.25) is 0 Å². The molecule has 0 bridgehead atoms. The quantitative estimate of drug-likeness (QED) is 0.928. The zero-order chi connectivity index (χ0) is 14.7. The van der Waals surface area contributed by atoms with Crippen LogP contribution in [0.1, 0.15) is 44.2 Å². The maximum absolute atomic E-state index is 13.3. The first kappa shape index (κ1) is 14.9. The molecule has 0 aliphatic carbocycles. The van der Waals surface area contributed by atoms with E-state index in [2.05, 4.69) is 12.2 Å². The van der Waals surface area contributed by atoms with Gasteiger partial charge in [0, 0.05) is 31.9 Å². The van der Waals surface area contributed by atoms with Crippen molar-refractivity contribution in [3.8, 4) is 0 Å². The van der Waals surface area contributed by atoms with Gasteiger partial charge in [0.1, 0.15) is 5.82 Å². The number of benzene rings is 1. The Balaban J connectivity index is 1.61. The van der Waals surface area contributed by atoms with Crippen LogP contribution in [0.2, 0.25) is 0 Å². The summed E-state index contributed by atoms with van der Waals surface area (Å²) in [6, 6.07) is 7.43. The van der Waals surface area contributed by atoms with Gasteiger partial charge < -0.3 is 14.8 Å². The van der Waals surface area contributed by atoms with Crippen molar-refractivity contribution in [2.75, 3.05) is 19.8 Å². The van der Waals surface area contributed by atoms with Gasteiger partial charge in [-0.2, -0.15) is 0 Å². The van der Waals surface area contributed by atoms with Crippen molar-refractivity contribution in [1.82, 2.24) is 5.32 Å². The van der Waals surface area contributed by atoms with Gasteiger partial charge >= 0.3 is 0 Å². The SMILES string of the molecule is C[C@H](NC1CCOC2(CCOCC2)C1)c1cccc(F)c1. The van der Waals surface area contributed by atoms with Crippen LogP contribution in [0.25, 0.3) is 0 Å². The van der Waals surface area contributed by atoms with Crippen LogP contribution in [0.3, 0.4) is 0 Å². The first-order valence-electron chi connectivity index (χ1n) is 7.90. The second-order valence-electron chi connectivity index (χ2n) is 6.28. The summed E-state index contributed by atoms with van der Waals surface area (Å²) in [5.41, 5.74) is 0.998. The van der Waals surface area contributed by atoms with E-state index in [4.69, 9.17) is 9.47 Å². The Labute approximate surface area is 125 Å². The van der Waals surface area contributed by atoms with Gasteiger partial charge in [0.25, 0.3) is 0 Å². The highest BCUT2D eigenvalue weighted by atomic mass is 19.1. The molecule has 21 heavy (non-hydrogen) atoms. The second-order valence-corrected chi connectivity index (χ2v) is 6.28. The van der Waals surface area contributed by atoms with Crippen LogP contribution in [0.15, 0.2) is 24.3 Å². The van der Waals surface area contributed by atoms with Crippen molar-refractivity contribution >= 4 is 0 Å². The molecule has 1 spiro atoms. The number of ether oxygens (including phenoxy) is 2. The van der Waals surface area contributed by atoms with Crippen molar-refractivity contribution in [2.24, 2.45) is 0 Å². The minimum Gasteiger partial charge on any atom is -0.381 e. The summed E-state index contributed by atoms with van der Waals surface area (Å²) >= 11 is 0. The van der Waals surface area contributed by atoms with E-state index in [1.165, 1.54) is 6.07 Å². The minimum atomic E-state index is -0.172. The molecule has 1 aromatic carbocycles. The third-order valence-electron chi connectivity index (χ3n) is 4.73. The Morgan fingerprint density at radius 2 is 2.10 bits per heavy atom. The van der Waals surface area contributed by atoms with Crippen molar-refractivity contribution < 1.29 is 13.9 Å². The molecule has 4 heteroatoms. The molecule has 0 aromatic heterocycles. The number of halogens is 1. The molecule has 3 rings (SSSR count). The van der Waals surface area contributed by atoms with Crippen molar-refractivity contribution in [1.29, 1.82) is 0 Å². The Morgan fingerprint density at radius 3 is 2.86 bits per heavy atom. The molecule has 2 saturated heterocycles. The molecular weight excluding hydrogens is 269 g/mol. The third-order valence-corrected chi connectivity index (χ3v) is 4.73. The van der Waals surface area contributed by atoms with Crippen molar-refractivity contribution in [2.45, 2.75) is 50.3 Å². The Kier molecular flexibility index (Phi) is 4.57. The number of rotatable bonds is 3. The third kappa shape index (κ3) is 3.62. The molecule has 2 atom stereocenters. The van der Waals surface area contributed by atoms with Gasteiger partial charge in [-0.1, -0.05) is 12.1 Å². The van der Waals surface area contributed by atoms with Crippen LogP contribution in [0, 0.1) is 5.82 Å². The molecule has 2 heterocycles. The summed E-state index contributed by atoms with van der Waals surface area (Å²) in [5.74, 6) is -0.172. The summed E-state index contributed by atoms with van der Waals surface area (Å²) in [4.78, 5) is 0. The molecule has 0 saturated carbocycles. The fourth-order valence-electron chi connectivity index (χ4n) is 3.49. The van der Waals surface area contributed by atoms with Crippen LogP contribution in [-0.2, 0) is 9.47 Å². The molecule has 1 aromatic rings. The summed E-state index contributed by atoms with van der Waals surface area (Å²) in [7, 11) is 0. The van der Waals surface area contributed by atoms with E-state index in [-0.39, 0.29) is 17.5 Å². The van der Waals surface area contributed by atoms with E-state index in [1.54, 1.807) is 12.1 Å². The lowest BCUT2D eigenvalue weighted by atomic mass is 9.83. The van der Waals surface area contributed by atoms with E-state index >= 15 is 0 Å². The predicted octanol–water partition coefficient (Wildman–Crippen LogP) is 3.20. The topological polar surface area (TPSA) is 30.5 Å². The lowest BCUT2D eigenvalue weighted by Gasteiger charge is -2.44.